The predicted molar refractivity (Wildman–Crippen MR) is 121 cm³/mol. The molecule has 2 heterocycles. The van der Waals surface area contributed by atoms with Crippen molar-refractivity contribution in [2.75, 3.05) is 13.2 Å². The van der Waals surface area contributed by atoms with E-state index in [0.29, 0.717) is 0 Å². The molecular weight excluding hydrogens is 448 g/mol. The van der Waals surface area contributed by atoms with Crippen molar-refractivity contribution < 1.29 is 50.3 Å². The summed E-state index contributed by atoms with van der Waals surface area (Å²) in [5.74, 6) is 0. The zero-order chi connectivity index (χ0) is 24.8. The van der Waals surface area contributed by atoms with Crippen LogP contribution in [0.5, 0.6) is 0 Å². The lowest BCUT2D eigenvalue weighted by Gasteiger charge is -2.39. The molecule has 0 aromatic heterocycles. The molecule has 0 saturated carbocycles. The molecule has 0 radical (unpaired) electrons. The highest BCUT2D eigenvalue weighted by Gasteiger charge is 2.43. The van der Waals surface area contributed by atoms with Crippen LogP contribution < -0.4 is 0 Å². The summed E-state index contributed by atoms with van der Waals surface area (Å²) in [6, 6.07) is 7.49. The van der Waals surface area contributed by atoms with Crippen LogP contribution in [-0.2, 0) is 9.47 Å². The first-order valence-corrected chi connectivity index (χ1v) is 11.3. The lowest BCUT2D eigenvalue weighted by atomic mass is 9.93. The molecule has 8 N–H and O–H groups in total. The molecule has 2 aliphatic rings. The zero-order valence-electron chi connectivity index (χ0n) is 18.6. The van der Waals surface area contributed by atoms with Gasteiger partial charge in [-0.05, 0) is 24.0 Å². The van der Waals surface area contributed by atoms with E-state index in [1.807, 2.05) is 36.4 Å². The first-order chi connectivity index (χ1) is 16.3. The third kappa shape index (κ3) is 6.29. The smallest absolute Gasteiger partial charge is 0.111 e. The maximum absolute atomic E-state index is 10.1. The molecule has 0 spiro atoms. The zero-order valence-corrected chi connectivity index (χ0v) is 18.6. The minimum absolute atomic E-state index is 0.280. The van der Waals surface area contributed by atoms with Gasteiger partial charge in [0.25, 0.3) is 0 Å². The first kappa shape index (κ1) is 26.9. The third-order valence-corrected chi connectivity index (χ3v) is 6.28. The fourth-order valence-electron chi connectivity index (χ4n) is 4.14. The van der Waals surface area contributed by atoms with E-state index in [0.717, 1.165) is 11.1 Å². The molecule has 190 valence electrons. The minimum atomic E-state index is -1.39. The second kappa shape index (κ2) is 12.3. The summed E-state index contributed by atoms with van der Waals surface area (Å²) < 4.78 is 10.9. The molecule has 2 fully saturated rings. The number of ether oxygens (including phenoxy) is 2. The quantitative estimate of drug-likeness (QED) is 0.210. The second-order valence-corrected chi connectivity index (χ2v) is 8.68. The fourth-order valence-corrected chi connectivity index (χ4v) is 4.14. The van der Waals surface area contributed by atoms with Crippen LogP contribution in [-0.4, -0.2) is 115 Å². The van der Waals surface area contributed by atoms with E-state index >= 15 is 0 Å². The van der Waals surface area contributed by atoms with E-state index < -0.39 is 74.3 Å². The van der Waals surface area contributed by atoms with Crippen molar-refractivity contribution >= 4 is 12.2 Å². The number of hydrogen-bond acceptors (Lipinski definition) is 10. The Morgan fingerprint density at radius 2 is 0.853 bits per heavy atom. The van der Waals surface area contributed by atoms with Crippen LogP contribution in [0.3, 0.4) is 0 Å². The highest BCUT2D eigenvalue weighted by atomic mass is 16.5. The van der Waals surface area contributed by atoms with Gasteiger partial charge in [0.15, 0.2) is 0 Å². The molecule has 0 bridgehead atoms. The monoisotopic (exact) mass is 482 g/mol. The van der Waals surface area contributed by atoms with Crippen LogP contribution in [0.1, 0.15) is 24.0 Å². The Balaban J connectivity index is 1.51. The molecule has 0 aliphatic carbocycles. The molecule has 1 aromatic carbocycles. The van der Waals surface area contributed by atoms with Crippen molar-refractivity contribution in [3.05, 3.63) is 47.5 Å². The molecule has 1 aromatic rings. The maximum Gasteiger partial charge on any atom is 0.111 e. The number of aliphatic hydroxyl groups excluding tert-OH is 8. The van der Waals surface area contributed by atoms with Gasteiger partial charge < -0.3 is 50.3 Å². The summed E-state index contributed by atoms with van der Waals surface area (Å²) in [6.45, 7) is -0.924. The Morgan fingerprint density at radius 3 is 1.18 bits per heavy atom. The highest BCUT2D eigenvalue weighted by Crippen LogP contribution is 2.25. The van der Waals surface area contributed by atoms with Gasteiger partial charge in [-0.2, -0.15) is 0 Å². The number of hydrogen-bond donors (Lipinski definition) is 8. The Morgan fingerprint density at radius 1 is 0.529 bits per heavy atom. The summed E-state index contributed by atoms with van der Waals surface area (Å²) in [7, 11) is 0. The SMILES string of the molecule is OC[C@H]1O[C@H](C/C=C/c2ccc(/C=C/C[C@H]3O[C@H](CO)[C@@H](O)[C@H](O)[C@H]3O)cc2)[C@@H](O)[C@@H](O)[C@@H]1O. The molecule has 10 heteroatoms. The van der Waals surface area contributed by atoms with Crippen molar-refractivity contribution in [2.45, 2.75) is 73.9 Å². The van der Waals surface area contributed by atoms with Crippen molar-refractivity contribution in [1.29, 1.82) is 0 Å². The van der Waals surface area contributed by atoms with E-state index in [9.17, 15) is 40.9 Å². The minimum Gasteiger partial charge on any atom is -0.394 e. The van der Waals surface area contributed by atoms with Crippen LogP contribution in [0.4, 0.5) is 0 Å². The van der Waals surface area contributed by atoms with Crippen LogP contribution >= 0.6 is 0 Å². The topological polar surface area (TPSA) is 180 Å². The lowest BCUT2D eigenvalue weighted by molar-refractivity contribution is -0.227. The summed E-state index contributed by atoms with van der Waals surface area (Å²) in [6.07, 6.45) is -3.66. The maximum atomic E-state index is 10.1. The van der Waals surface area contributed by atoms with E-state index in [1.54, 1.807) is 12.2 Å². The van der Waals surface area contributed by atoms with Crippen LogP contribution in [0.2, 0.25) is 0 Å². The molecule has 0 amide bonds. The van der Waals surface area contributed by atoms with Gasteiger partial charge in [-0.3, -0.25) is 0 Å². The number of aliphatic hydroxyl groups is 8. The molecule has 0 unspecified atom stereocenters. The molecular formula is C24H34O10. The van der Waals surface area contributed by atoms with E-state index in [-0.39, 0.29) is 12.8 Å². The van der Waals surface area contributed by atoms with Crippen molar-refractivity contribution in [1.82, 2.24) is 0 Å². The lowest BCUT2D eigenvalue weighted by Crippen LogP contribution is -2.58. The van der Waals surface area contributed by atoms with Crippen LogP contribution in [0.15, 0.2) is 36.4 Å². The average molecular weight is 483 g/mol. The van der Waals surface area contributed by atoms with Gasteiger partial charge in [0.05, 0.1) is 25.4 Å². The average Bonchev–Trinajstić information content (AvgIpc) is 2.85. The largest absolute Gasteiger partial charge is 0.394 e. The van der Waals surface area contributed by atoms with Gasteiger partial charge in [-0.1, -0.05) is 48.6 Å². The Bertz CT molecular complexity index is 741. The molecule has 10 nitrogen and oxygen atoms in total. The van der Waals surface area contributed by atoms with Crippen molar-refractivity contribution in [3.63, 3.8) is 0 Å². The summed E-state index contributed by atoms with van der Waals surface area (Å²) in [5.41, 5.74) is 1.77. The third-order valence-electron chi connectivity index (χ3n) is 6.28. The highest BCUT2D eigenvalue weighted by molar-refractivity contribution is 5.55. The predicted octanol–water partition coefficient (Wildman–Crippen LogP) is -1.82. The van der Waals surface area contributed by atoms with Gasteiger partial charge in [0, 0.05) is 0 Å². The van der Waals surface area contributed by atoms with Crippen LogP contribution in [0, 0.1) is 0 Å². The van der Waals surface area contributed by atoms with Gasteiger partial charge in [-0.15, -0.1) is 0 Å². The van der Waals surface area contributed by atoms with E-state index in [4.69, 9.17) is 9.47 Å². The molecule has 34 heavy (non-hydrogen) atoms. The van der Waals surface area contributed by atoms with Crippen molar-refractivity contribution in [3.8, 4) is 0 Å². The summed E-state index contributed by atoms with van der Waals surface area (Å²) >= 11 is 0. The molecule has 3 rings (SSSR count). The van der Waals surface area contributed by atoms with Crippen molar-refractivity contribution in [2.24, 2.45) is 0 Å². The van der Waals surface area contributed by atoms with Gasteiger partial charge in [-0.25, -0.2) is 0 Å². The van der Waals surface area contributed by atoms with Crippen LogP contribution in [0.25, 0.3) is 12.2 Å². The number of rotatable bonds is 8. The Labute approximate surface area is 197 Å². The molecule has 2 aliphatic heterocycles. The summed E-state index contributed by atoms with van der Waals surface area (Å²) in [5, 5.41) is 78.0. The second-order valence-electron chi connectivity index (χ2n) is 8.68. The van der Waals surface area contributed by atoms with Gasteiger partial charge in [0.2, 0.25) is 0 Å². The standard InChI is InChI=1S/C24H34O10/c25-11-17-21(29)23(31)19(27)15(33-17)5-1-3-13-7-9-14(10-8-13)4-2-6-16-20(28)24(32)22(30)18(12-26)34-16/h1-4,7-10,15-32H,5-6,11-12H2/b3-1+,4-2+/t15-,16-,17-,18-,19-,20+,21-,22-,23-,24-/m1/s1. The van der Waals surface area contributed by atoms with E-state index in [1.165, 1.54) is 0 Å². The summed E-state index contributed by atoms with van der Waals surface area (Å²) in [4.78, 5) is 0. The fraction of sp³-hybridized carbons (Fsp3) is 0.583. The van der Waals surface area contributed by atoms with E-state index in [2.05, 4.69) is 0 Å². The molecule has 10 atom stereocenters. The Hall–Kier alpha value is -1.70. The Kier molecular flexibility index (Phi) is 9.74. The van der Waals surface area contributed by atoms with Gasteiger partial charge in [0.1, 0.15) is 48.8 Å². The van der Waals surface area contributed by atoms with Gasteiger partial charge >= 0.3 is 0 Å². The normalized spacial score (nSPS) is 39.2. The first-order valence-electron chi connectivity index (χ1n) is 11.3. The molecule has 2 saturated heterocycles. The number of benzene rings is 1.